The summed E-state index contributed by atoms with van der Waals surface area (Å²) in [4.78, 5) is 30.0. The fourth-order valence-corrected chi connectivity index (χ4v) is 4.81. The van der Waals surface area contributed by atoms with Gasteiger partial charge in [-0.05, 0) is 57.9 Å². The van der Waals surface area contributed by atoms with Crippen LogP contribution in [0.3, 0.4) is 0 Å². The smallest absolute Gasteiger partial charge is 0.262 e. The maximum absolute atomic E-state index is 11.0. The molecule has 170 valence electrons. The van der Waals surface area contributed by atoms with E-state index >= 15 is 0 Å². The van der Waals surface area contributed by atoms with E-state index in [9.17, 15) is 14.7 Å². The molecule has 0 aliphatic rings. The number of rotatable bonds is 5. The Bertz CT molecular complexity index is 1080. The van der Waals surface area contributed by atoms with Crippen LogP contribution in [0.4, 0.5) is 0 Å². The quantitative estimate of drug-likeness (QED) is 0.408. The van der Waals surface area contributed by atoms with E-state index in [1.165, 1.54) is 5.56 Å². The SMILES string of the molecule is CC(C)(C)c1ccc(OP(O)c2cccc(-c3cccc(P(O)O)c3)c2)c(C(C)(C)C)c1. The summed E-state index contributed by atoms with van der Waals surface area (Å²) in [5.74, 6) is 0.692. The Morgan fingerprint density at radius 2 is 1.22 bits per heavy atom. The van der Waals surface area contributed by atoms with E-state index in [0.29, 0.717) is 16.4 Å². The first-order valence-corrected chi connectivity index (χ1v) is 13.0. The number of hydrogen-bond acceptors (Lipinski definition) is 4. The Morgan fingerprint density at radius 3 is 1.75 bits per heavy atom. The Balaban J connectivity index is 1.92. The van der Waals surface area contributed by atoms with Crippen LogP contribution < -0.4 is 15.1 Å². The first-order chi connectivity index (χ1) is 14.9. The van der Waals surface area contributed by atoms with E-state index in [1.807, 2.05) is 36.4 Å². The third kappa shape index (κ3) is 5.95. The van der Waals surface area contributed by atoms with Crippen molar-refractivity contribution in [1.82, 2.24) is 0 Å². The summed E-state index contributed by atoms with van der Waals surface area (Å²) in [5, 5.41) is 1.18. The van der Waals surface area contributed by atoms with Crippen LogP contribution in [0.1, 0.15) is 52.7 Å². The second kappa shape index (κ2) is 9.59. The van der Waals surface area contributed by atoms with Gasteiger partial charge in [0.1, 0.15) is 5.75 Å². The largest absolute Gasteiger partial charge is 0.444 e. The lowest BCUT2D eigenvalue weighted by atomic mass is 9.80. The summed E-state index contributed by atoms with van der Waals surface area (Å²) < 4.78 is 6.12. The van der Waals surface area contributed by atoms with Gasteiger partial charge in [0, 0.05) is 16.2 Å². The van der Waals surface area contributed by atoms with Crippen LogP contribution in [0.25, 0.3) is 11.1 Å². The molecule has 0 heterocycles. The zero-order valence-electron chi connectivity index (χ0n) is 19.5. The van der Waals surface area contributed by atoms with Gasteiger partial charge >= 0.3 is 0 Å². The van der Waals surface area contributed by atoms with Gasteiger partial charge in [-0.25, -0.2) is 0 Å². The standard InChI is InChI=1S/C26H32O4P2/c1-25(2,3)20-13-14-24(23(17-20)26(4,5)6)30-32(29)22-12-8-10-19(16-22)18-9-7-11-21(15-18)31(27)28/h7-17,27-29H,1-6H3. The van der Waals surface area contributed by atoms with Crippen molar-refractivity contribution in [1.29, 1.82) is 0 Å². The molecule has 0 aromatic heterocycles. The van der Waals surface area contributed by atoms with Gasteiger partial charge in [0.2, 0.25) is 0 Å². The van der Waals surface area contributed by atoms with Crippen LogP contribution in [-0.2, 0) is 10.8 Å². The summed E-state index contributed by atoms with van der Waals surface area (Å²) in [6, 6.07) is 20.9. The lowest BCUT2D eigenvalue weighted by molar-refractivity contribution is 0.477. The molecule has 0 amide bonds. The molecular weight excluding hydrogens is 438 g/mol. The van der Waals surface area contributed by atoms with E-state index < -0.39 is 16.8 Å². The third-order valence-electron chi connectivity index (χ3n) is 5.32. The zero-order chi connectivity index (χ0) is 23.7. The average molecular weight is 470 g/mol. The highest BCUT2D eigenvalue weighted by Gasteiger charge is 2.25. The summed E-state index contributed by atoms with van der Waals surface area (Å²) >= 11 is 0. The maximum Gasteiger partial charge on any atom is 0.262 e. The highest BCUT2D eigenvalue weighted by Crippen LogP contribution is 2.41. The molecular formula is C26H32O4P2. The molecule has 3 N–H and O–H groups in total. The normalized spacial score (nSPS) is 13.3. The van der Waals surface area contributed by atoms with E-state index in [4.69, 9.17) is 4.52 Å². The molecule has 3 aromatic carbocycles. The van der Waals surface area contributed by atoms with E-state index in [0.717, 1.165) is 16.7 Å². The fraction of sp³-hybridized carbons (Fsp3) is 0.308. The molecule has 3 rings (SSSR count). The highest BCUT2D eigenvalue weighted by atomic mass is 31.2. The molecule has 4 nitrogen and oxygen atoms in total. The van der Waals surface area contributed by atoms with Gasteiger partial charge in [-0.15, -0.1) is 0 Å². The van der Waals surface area contributed by atoms with Crippen molar-refractivity contribution in [3.05, 3.63) is 77.9 Å². The lowest BCUT2D eigenvalue weighted by Crippen LogP contribution is -2.17. The van der Waals surface area contributed by atoms with Gasteiger partial charge in [-0.3, -0.25) is 0 Å². The summed E-state index contributed by atoms with van der Waals surface area (Å²) in [7, 11) is -4.03. The van der Waals surface area contributed by atoms with Gasteiger partial charge in [0.15, 0.2) is 8.38 Å². The second-order valence-corrected chi connectivity index (χ2v) is 12.3. The monoisotopic (exact) mass is 470 g/mol. The van der Waals surface area contributed by atoms with E-state index in [-0.39, 0.29) is 10.8 Å². The van der Waals surface area contributed by atoms with Crippen LogP contribution in [0, 0.1) is 0 Å². The Kier molecular flexibility index (Phi) is 7.44. The molecule has 0 spiro atoms. The highest BCUT2D eigenvalue weighted by molar-refractivity contribution is 7.55. The van der Waals surface area contributed by atoms with Gasteiger partial charge < -0.3 is 19.2 Å². The topological polar surface area (TPSA) is 69.9 Å². The molecule has 0 fully saturated rings. The Hall–Kier alpha value is -1.80. The minimum absolute atomic E-state index is 0.0226. The van der Waals surface area contributed by atoms with Gasteiger partial charge in [0.25, 0.3) is 8.38 Å². The zero-order valence-corrected chi connectivity index (χ0v) is 21.3. The molecule has 6 heteroatoms. The van der Waals surface area contributed by atoms with Crippen LogP contribution >= 0.6 is 16.8 Å². The van der Waals surface area contributed by atoms with Gasteiger partial charge in [-0.2, -0.15) is 0 Å². The molecule has 0 aliphatic carbocycles. The van der Waals surface area contributed by atoms with Gasteiger partial charge in [0.05, 0.1) is 0 Å². The summed E-state index contributed by atoms with van der Waals surface area (Å²) in [6.07, 6.45) is 0. The number of hydrogen-bond donors (Lipinski definition) is 3. The predicted octanol–water partition coefficient (Wildman–Crippen LogP) is 5.88. The van der Waals surface area contributed by atoms with Crippen LogP contribution in [0.15, 0.2) is 66.7 Å². The van der Waals surface area contributed by atoms with Gasteiger partial charge in [-0.1, -0.05) is 77.9 Å². The van der Waals surface area contributed by atoms with Crippen molar-refractivity contribution in [2.24, 2.45) is 0 Å². The maximum atomic E-state index is 11.0. The molecule has 0 saturated heterocycles. The Morgan fingerprint density at radius 1 is 0.656 bits per heavy atom. The molecule has 32 heavy (non-hydrogen) atoms. The van der Waals surface area contributed by atoms with Crippen molar-refractivity contribution in [2.45, 2.75) is 52.4 Å². The number of benzene rings is 3. The van der Waals surface area contributed by atoms with Crippen molar-refractivity contribution < 1.29 is 19.2 Å². The van der Waals surface area contributed by atoms with Crippen LogP contribution in [0.2, 0.25) is 0 Å². The molecule has 1 atom stereocenters. The van der Waals surface area contributed by atoms with Crippen LogP contribution in [0.5, 0.6) is 5.75 Å². The molecule has 0 saturated carbocycles. The Labute approximate surface area is 193 Å². The fourth-order valence-electron chi connectivity index (χ4n) is 3.42. The molecule has 3 aromatic rings. The first-order valence-electron chi connectivity index (χ1n) is 10.6. The minimum atomic E-state index is -2.15. The first kappa shape index (κ1) is 24.8. The van der Waals surface area contributed by atoms with E-state index in [1.54, 1.807) is 18.2 Å². The molecule has 0 bridgehead atoms. The summed E-state index contributed by atoms with van der Waals surface area (Å²) in [6.45, 7) is 13.0. The third-order valence-corrected chi connectivity index (χ3v) is 7.15. The second-order valence-electron chi connectivity index (χ2n) is 9.97. The predicted molar refractivity (Wildman–Crippen MR) is 136 cm³/mol. The van der Waals surface area contributed by atoms with Crippen LogP contribution in [-0.4, -0.2) is 14.7 Å². The average Bonchev–Trinajstić information content (AvgIpc) is 2.72. The van der Waals surface area contributed by atoms with Crippen molar-refractivity contribution in [3.63, 3.8) is 0 Å². The summed E-state index contributed by atoms with van der Waals surface area (Å²) in [5.41, 5.74) is 3.91. The molecule has 1 unspecified atom stereocenters. The van der Waals surface area contributed by atoms with E-state index in [2.05, 4.69) is 53.7 Å². The lowest BCUT2D eigenvalue weighted by Gasteiger charge is -2.28. The van der Waals surface area contributed by atoms with Crippen molar-refractivity contribution in [2.75, 3.05) is 0 Å². The van der Waals surface area contributed by atoms with Crippen molar-refractivity contribution >= 4 is 27.4 Å². The molecule has 0 radical (unpaired) electrons. The minimum Gasteiger partial charge on any atom is -0.444 e. The molecule has 0 aliphatic heterocycles. The van der Waals surface area contributed by atoms with Crippen molar-refractivity contribution in [3.8, 4) is 16.9 Å².